The van der Waals surface area contributed by atoms with Gasteiger partial charge in [-0.25, -0.2) is 0 Å². The summed E-state index contributed by atoms with van der Waals surface area (Å²) in [5.74, 6) is 1.03. The van der Waals surface area contributed by atoms with E-state index in [9.17, 15) is 10.1 Å². The van der Waals surface area contributed by atoms with Crippen LogP contribution in [0.25, 0.3) is 0 Å². The van der Waals surface area contributed by atoms with Crippen molar-refractivity contribution >= 4 is 11.5 Å². The Labute approximate surface area is 106 Å². The summed E-state index contributed by atoms with van der Waals surface area (Å²) in [5.41, 5.74) is 1.05. The molecule has 18 heavy (non-hydrogen) atoms. The lowest BCUT2D eigenvalue weighted by Crippen LogP contribution is -2.22. The second-order valence-electron chi connectivity index (χ2n) is 4.42. The van der Waals surface area contributed by atoms with Crippen molar-refractivity contribution in [2.75, 3.05) is 6.54 Å². The van der Waals surface area contributed by atoms with Crippen LogP contribution >= 0.6 is 0 Å². The Morgan fingerprint density at radius 2 is 2.22 bits per heavy atom. The fourth-order valence-corrected chi connectivity index (χ4v) is 2.00. The molecule has 0 radical (unpaired) electrons. The van der Waals surface area contributed by atoms with Crippen molar-refractivity contribution in [3.63, 3.8) is 0 Å². The Morgan fingerprint density at radius 1 is 1.33 bits per heavy atom. The average molecular weight is 247 g/mol. The lowest BCUT2D eigenvalue weighted by molar-refractivity contribution is -0.384. The van der Waals surface area contributed by atoms with Gasteiger partial charge in [0.1, 0.15) is 0 Å². The molecule has 0 aliphatic carbocycles. The number of nitro benzene ring substituents is 1. The molecule has 1 N–H and O–H groups in total. The molecule has 5 heteroatoms. The van der Waals surface area contributed by atoms with E-state index < -0.39 is 0 Å². The Balaban J connectivity index is 1.95. The number of benzene rings is 1. The van der Waals surface area contributed by atoms with Crippen molar-refractivity contribution < 1.29 is 4.92 Å². The number of amidine groups is 1. The van der Waals surface area contributed by atoms with Gasteiger partial charge in [-0.3, -0.25) is 15.1 Å². The summed E-state index contributed by atoms with van der Waals surface area (Å²) in [6.07, 6.45) is 4.53. The summed E-state index contributed by atoms with van der Waals surface area (Å²) in [7, 11) is 0. The van der Waals surface area contributed by atoms with Crippen molar-refractivity contribution in [1.29, 1.82) is 0 Å². The van der Waals surface area contributed by atoms with Crippen LogP contribution in [0.5, 0.6) is 0 Å². The van der Waals surface area contributed by atoms with E-state index in [-0.39, 0.29) is 10.6 Å². The summed E-state index contributed by atoms with van der Waals surface area (Å²) in [6.45, 7) is 1.48. The molecule has 0 aromatic heterocycles. The van der Waals surface area contributed by atoms with E-state index in [1.165, 1.54) is 18.9 Å². The highest BCUT2D eigenvalue weighted by Gasteiger charge is 2.07. The SMILES string of the molecule is O=[N+]([O-])c1cccc(CNC2=NCCCCC2)c1. The molecule has 1 heterocycles. The van der Waals surface area contributed by atoms with Gasteiger partial charge in [-0.05, 0) is 18.4 Å². The van der Waals surface area contributed by atoms with E-state index in [1.54, 1.807) is 12.1 Å². The number of nitrogens with zero attached hydrogens (tertiary/aromatic N) is 2. The van der Waals surface area contributed by atoms with Crippen LogP contribution in [0.15, 0.2) is 29.3 Å². The van der Waals surface area contributed by atoms with Gasteiger partial charge in [0.15, 0.2) is 0 Å². The van der Waals surface area contributed by atoms with Crippen LogP contribution in [0.1, 0.15) is 31.2 Å². The third-order valence-corrected chi connectivity index (χ3v) is 2.99. The van der Waals surface area contributed by atoms with Crippen molar-refractivity contribution in [3.8, 4) is 0 Å². The Kier molecular flexibility index (Phi) is 4.28. The molecule has 2 rings (SSSR count). The summed E-state index contributed by atoms with van der Waals surface area (Å²) >= 11 is 0. The lowest BCUT2D eigenvalue weighted by atomic mass is 10.2. The molecule has 0 unspecified atom stereocenters. The maximum Gasteiger partial charge on any atom is 0.269 e. The minimum Gasteiger partial charge on any atom is -0.370 e. The highest BCUT2D eigenvalue weighted by Crippen LogP contribution is 2.13. The zero-order valence-electron chi connectivity index (χ0n) is 10.3. The molecule has 0 saturated carbocycles. The molecule has 0 atom stereocenters. The summed E-state index contributed by atoms with van der Waals surface area (Å²) < 4.78 is 0. The van der Waals surface area contributed by atoms with Crippen LogP contribution in [0, 0.1) is 10.1 Å². The second-order valence-corrected chi connectivity index (χ2v) is 4.42. The van der Waals surface area contributed by atoms with Gasteiger partial charge >= 0.3 is 0 Å². The van der Waals surface area contributed by atoms with Crippen LogP contribution in [0.4, 0.5) is 5.69 Å². The van der Waals surface area contributed by atoms with E-state index in [1.807, 2.05) is 6.07 Å². The summed E-state index contributed by atoms with van der Waals surface area (Å²) in [6, 6.07) is 6.71. The van der Waals surface area contributed by atoms with Crippen LogP contribution < -0.4 is 5.32 Å². The number of nitro groups is 1. The Hall–Kier alpha value is -1.91. The van der Waals surface area contributed by atoms with Crippen molar-refractivity contribution in [2.24, 2.45) is 4.99 Å². The molecule has 0 fully saturated rings. The smallest absolute Gasteiger partial charge is 0.269 e. The third kappa shape index (κ3) is 3.55. The van der Waals surface area contributed by atoms with Gasteiger partial charge in [0.2, 0.25) is 0 Å². The molecule has 1 aliphatic rings. The largest absolute Gasteiger partial charge is 0.370 e. The molecule has 0 bridgehead atoms. The molecule has 0 amide bonds. The van der Waals surface area contributed by atoms with Gasteiger partial charge in [0.25, 0.3) is 5.69 Å². The van der Waals surface area contributed by atoms with E-state index in [2.05, 4.69) is 10.3 Å². The topological polar surface area (TPSA) is 67.5 Å². The first-order chi connectivity index (χ1) is 8.75. The van der Waals surface area contributed by atoms with Gasteiger partial charge in [-0.2, -0.15) is 0 Å². The second kappa shape index (κ2) is 6.14. The first-order valence-corrected chi connectivity index (χ1v) is 6.26. The molecule has 5 nitrogen and oxygen atoms in total. The molecule has 96 valence electrons. The molecule has 1 aliphatic heterocycles. The maximum atomic E-state index is 10.7. The quantitative estimate of drug-likeness (QED) is 0.659. The Morgan fingerprint density at radius 3 is 3.06 bits per heavy atom. The number of hydrogen-bond acceptors (Lipinski definition) is 4. The number of aliphatic imine (C=N–C) groups is 1. The first kappa shape index (κ1) is 12.5. The first-order valence-electron chi connectivity index (χ1n) is 6.26. The Bertz CT molecular complexity index is 457. The standard InChI is InChI=1S/C13H17N3O2/c17-16(18)12-6-4-5-11(9-12)10-15-13-7-2-1-3-8-14-13/h4-6,9H,1-3,7-8,10H2,(H,14,15). The zero-order chi connectivity index (χ0) is 12.8. The zero-order valence-corrected chi connectivity index (χ0v) is 10.3. The molecular formula is C13H17N3O2. The fourth-order valence-electron chi connectivity index (χ4n) is 2.00. The molecule has 0 spiro atoms. The van der Waals surface area contributed by atoms with E-state index >= 15 is 0 Å². The summed E-state index contributed by atoms with van der Waals surface area (Å²) in [5, 5.41) is 13.9. The van der Waals surface area contributed by atoms with Crippen LogP contribution in [-0.4, -0.2) is 17.3 Å². The third-order valence-electron chi connectivity index (χ3n) is 2.99. The highest BCUT2D eigenvalue weighted by molar-refractivity contribution is 5.82. The van der Waals surface area contributed by atoms with E-state index in [0.717, 1.165) is 30.8 Å². The van der Waals surface area contributed by atoms with Crippen molar-refractivity contribution in [3.05, 3.63) is 39.9 Å². The number of non-ortho nitro benzene ring substituents is 1. The maximum absolute atomic E-state index is 10.7. The number of rotatable bonds is 3. The van der Waals surface area contributed by atoms with Crippen LogP contribution in [0.3, 0.4) is 0 Å². The van der Waals surface area contributed by atoms with Gasteiger partial charge in [-0.1, -0.05) is 18.6 Å². The van der Waals surface area contributed by atoms with Gasteiger partial charge in [-0.15, -0.1) is 0 Å². The highest BCUT2D eigenvalue weighted by atomic mass is 16.6. The normalized spacial score (nSPS) is 15.7. The average Bonchev–Trinajstić information content (AvgIpc) is 2.65. The predicted molar refractivity (Wildman–Crippen MR) is 70.7 cm³/mol. The van der Waals surface area contributed by atoms with E-state index in [4.69, 9.17) is 0 Å². The molecular weight excluding hydrogens is 230 g/mol. The fraction of sp³-hybridized carbons (Fsp3) is 0.462. The predicted octanol–water partition coefficient (Wildman–Crippen LogP) is 2.66. The van der Waals surface area contributed by atoms with Crippen LogP contribution in [-0.2, 0) is 6.54 Å². The minimum absolute atomic E-state index is 0.136. The molecule has 1 aromatic rings. The van der Waals surface area contributed by atoms with Crippen molar-refractivity contribution in [1.82, 2.24) is 5.32 Å². The summed E-state index contributed by atoms with van der Waals surface area (Å²) in [4.78, 5) is 14.8. The van der Waals surface area contributed by atoms with Crippen LogP contribution in [0.2, 0.25) is 0 Å². The molecule has 0 saturated heterocycles. The minimum atomic E-state index is -0.368. The van der Waals surface area contributed by atoms with Crippen molar-refractivity contribution in [2.45, 2.75) is 32.2 Å². The monoisotopic (exact) mass is 247 g/mol. The molecule has 1 aromatic carbocycles. The lowest BCUT2D eigenvalue weighted by Gasteiger charge is -2.08. The van der Waals surface area contributed by atoms with Gasteiger partial charge < -0.3 is 5.32 Å². The number of nitrogens with one attached hydrogen (secondary N) is 1. The number of hydrogen-bond donors (Lipinski definition) is 1. The van der Waals surface area contributed by atoms with Gasteiger partial charge in [0, 0.05) is 31.6 Å². The van der Waals surface area contributed by atoms with E-state index in [0.29, 0.717) is 6.54 Å². The van der Waals surface area contributed by atoms with Gasteiger partial charge in [0.05, 0.1) is 10.8 Å².